The summed E-state index contributed by atoms with van der Waals surface area (Å²) < 4.78 is 4.84. The second kappa shape index (κ2) is 7.40. The molecule has 2 N–H and O–H groups in total. The van der Waals surface area contributed by atoms with E-state index in [0.29, 0.717) is 25.4 Å². The molecule has 1 heterocycles. The second-order valence-corrected chi connectivity index (χ2v) is 3.35. The van der Waals surface area contributed by atoms with Crippen LogP contribution in [0.3, 0.4) is 0 Å². The molecule has 1 aromatic heterocycles. The number of rotatable bonds is 7. The maximum Gasteiger partial charge on any atom is 0.269 e. The first-order valence-corrected chi connectivity index (χ1v) is 5.36. The molecular formula is C12H17N3O2. The minimum absolute atomic E-state index is 0.197. The molecule has 17 heavy (non-hydrogen) atoms. The van der Waals surface area contributed by atoms with Gasteiger partial charge in [-0.05, 0) is 12.1 Å². The third-order valence-corrected chi connectivity index (χ3v) is 2.04. The fraction of sp³-hybridized carbons (Fsp3) is 0.333. The number of amides is 1. The van der Waals surface area contributed by atoms with Crippen molar-refractivity contribution in [3.8, 4) is 0 Å². The van der Waals surface area contributed by atoms with Gasteiger partial charge in [0.1, 0.15) is 5.69 Å². The molecule has 0 saturated carbocycles. The lowest BCUT2D eigenvalue weighted by Crippen LogP contribution is -2.27. The lowest BCUT2D eigenvalue weighted by molar-refractivity contribution is 0.0932. The van der Waals surface area contributed by atoms with Gasteiger partial charge in [-0.2, -0.15) is 0 Å². The first-order chi connectivity index (χ1) is 8.27. The molecule has 0 aliphatic heterocycles. The van der Waals surface area contributed by atoms with Crippen LogP contribution < -0.4 is 10.6 Å². The Hall–Kier alpha value is -1.88. The molecule has 0 unspecified atom stereocenters. The normalized spacial score (nSPS) is 9.71. The number of carbonyl (C=O) groups is 1. The van der Waals surface area contributed by atoms with E-state index in [9.17, 15) is 4.79 Å². The summed E-state index contributed by atoms with van der Waals surface area (Å²) in [7, 11) is 1.59. The van der Waals surface area contributed by atoms with Crippen LogP contribution in [0.1, 0.15) is 10.5 Å². The van der Waals surface area contributed by atoms with Crippen molar-refractivity contribution in [1.29, 1.82) is 0 Å². The topological polar surface area (TPSA) is 63.2 Å². The van der Waals surface area contributed by atoms with Gasteiger partial charge in [0.15, 0.2) is 0 Å². The van der Waals surface area contributed by atoms with Gasteiger partial charge in [-0.25, -0.2) is 4.98 Å². The number of nitrogens with zero attached hydrogens (tertiary/aromatic N) is 1. The quantitative estimate of drug-likeness (QED) is 0.548. The predicted octanol–water partition coefficient (Wildman–Crippen LogP) is 1.06. The highest BCUT2D eigenvalue weighted by Gasteiger charge is 2.05. The lowest BCUT2D eigenvalue weighted by atomic mass is 10.3. The van der Waals surface area contributed by atoms with E-state index in [0.717, 1.165) is 5.69 Å². The SMILES string of the molecule is C=CCNc1ccc(C(=O)NCCOC)nc1. The molecule has 0 aliphatic rings. The van der Waals surface area contributed by atoms with E-state index in [1.54, 1.807) is 25.4 Å². The zero-order chi connectivity index (χ0) is 12.5. The van der Waals surface area contributed by atoms with Crippen molar-refractivity contribution in [2.24, 2.45) is 0 Å². The molecule has 92 valence electrons. The van der Waals surface area contributed by atoms with Crippen LogP contribution in [0.5, 0.6) is 0 Å². The van der Waals surface area contributed by atoms with Crippen LogP contribution in [0, 0.1) is 0 Å². The van der Waals surface area contributed by atoms with Crippen LogP contribution in [0.4, 0.5) is 5.69 Å². The Balaban J connectivity index is 2.48. The Bertz CT molecular complexity index is 363. The van der Waals surface area contributed by atoms with Gasteiger partial charge >= 0.3 is 0 Å². The van der Waals surface area contributed by atoms with E-state index in [-0.39, 0.29) is 5.91 Å². The molecule has 0 aromatic carbocycles. The van der Waals surface area contributed by atoms with Crippen molar-refractivity contribution in [2.75, 3.05) is 32.1 Å². The molecule has 0 bridgehead atoms. The van der Waals surface area contributed by atoms with E-state index >= 15 is 0 Å². The number of pyridine rings is 1. The number of ether oxygens (including phenoxy) is 1. The van der Waals surface area contributed by atoms with E-state index in [1.165, 1.54) is 0 Å². The summed E-state index contributed by atoms with van der Waals surface area (Å²) in [5.41, 5.74) is 1.25. The number of aromatic nitrogens is 1. The summed E-state index contributed by atoms with van der Waals surface area (Å²) >= 11 is 0. The molecule has 0 spiro atoms. The molecule has 5 heteroatoms. The summed E-state index contributed by atoms with van der Waals surface area (Å²) in [6.45, 7) is 5.24. The number of methoxy groups -OCH3 is 1. The standard InChI is InChI=1S/C12H17N3O2/c1-3-6-13-10-4-5-11(15-9-10)12(16)14-7-8-17-2/h3-5,9,13H,1,6-8H2,2H3,(H,14,16). The van der Waals surface area contributed by atoms with Crippen LogP contribution in [-0.4, -0.2) is 37.7 Å². The van der Waals surface area contributed by atoms with E-state index in [2.05, 4.69) is 22.2 Å². The number of hydrogen-bond donors (Lipinski definition) is 2. The lowest BCUT2D eigenvalue weighted by Gasteiger charge is -2.05. The van der Waals surface area contributed by atoms with E-state index in [4.69, 9.17) is 4.74 Å². The number of hydrogen-bond acceptors (Lipinski definition) is 4. The molecule has 0 fully saturated rings. The number of anilines is 1. The van der Waals surface area contributed by atoms with E-state index in [1.807, 2.05) is 6.07 Å². The van der Waals surface area contributed by atoms with Crippen molar-refractivity contribution < 1.29 is 9.53 Å². The molecule has 1 amide bonds. The Morgan fingerprint density at radius 3 is 3.00 bits per heavy atom. The van der Waals surface area contributed by atoms with Crippen LogP contribution in [0.15, 0.2) is 31.0 Å². The molecule has 0 atom stereocenters. The fourth-order valence-corrected chi connectivity index (χ4v) is 1.18. The highest BCUT2D eigenvalue weighted by molar-refractivity contribution is 5.92. The van der Waals surface area contributed by atoms with Crippen LogP contribution >= 0.6 is 0 Å². The Labute approximate surface area is 101 Å². The van der Waals surface area contributed by atoms with Gasteiger partial charge in [0.05, 0.1) is 18.5 Å². The maximum atomic E-state index is 11.6. The highest BCUT2D eigenvalue weighted by Crippen LogP contribution is 2.05. The molecule has 1 aromatic rings. The van der Waals surface area contributed by atoms with Gasteiger partial charge in [-0.15, -0.1) is 6.58 Å². The van der Waals surface area contributed by atoms with Gasteiger partial charge in [0.2, 0.25) is 0 Å². The Kier molecular flexibility index (Phi) is 5.74. The Morgan fingerprint density at radius 2 is 2.41 bits per heavy atom. The summed E-state index contributed by atoms with van der Waals surface area (Å²) in [5.74, 6) is -0.197. The largest absolute Gasteiger partial charge is 0.383 e. The van der Waals surface area contributed by atoms with E-state index < -0.39 is 0 Å². The monoisotopic (exact) mass is 235 g/mol. The number of carbonyl (C=O) groups excluding carboxylic acids is 1. The fourth-order valence-electron chi connectivity index (χ4n) is 1.18. The van der Waals surface area contributed by atoms with Crippen LogP contribution in [0.2, 0.25) is 0 Å². The van der Waals surface area contributed by atoms with Gasteiger partial charge in [-0.1, -0.05) is 6.08 Å². The minimum atomic E-state index is -0.197. The van der Waals surface area contributed by atoms with Crippen molar-refractivity contribution >= 4 is 11.6 Å². The van der Waals surface area contributed by atoms with Crippen LogP contribution in [-0.2, 0) is 4.74 Å². The third-order valence-electron chi connectivity index (χ3n) is 2.04. The predicted molar refractivity (Wildman–Crippen MR) is 67.1 cm³/mol. The molecule has 0 saturated heterocycles. The Morgan fingerprint density at radius 1 is 1.59 bits per heavy atom. The summed E-state index contributed by atoms with van der Waals surface area (Å²) in [6, 6.07) is 3.48. The first-order valence-electron chi connectivity index (χ1n) is 5.36. The summed E-state index contributed by atoms with van der Waals surface area (Å²) in [6.07, 6.45) is 3.38. The van der Waals surface area contributed by atoms with Gasteiger partial charge < -0.3 is 15.4 Å². The molecule has 0 aliphatic carbocycles. The van der Waals surface area contributed by atoms with Gasteiger partial charge in [-0.3, -0.25) is 4.79 Å². The van der Waals surface area contributed by atoms with Gasteiger partial charge in [0, 0.05) is 20.2 Å². The van der Waals surface area contributed by atoms with Gasteiger partial charge in [0.25, 0.3) is 5.91 Å². The van der Waals surface area contributed by atoms with Crippen molar-refractivity contribution in [2.45, 2.75) is 0 Å². The third kappa shape index (κ3) is 4.65. The minimum Gasteiger partial charge on any atom is -0.383 e. The van der Waals surface area contributed by atoms with Crippen LogP contribution in [0.25, 0.3) is 0 Å². The summed E-state index contributed by atoms with van der Waals surface area (Å²) in [4.78, 5) is 15.6. The van der Waals surface area contributed by atoms with Crippen molar-refractivity contribution in [3.63, 3.8) is 0 Å². The maximum absolute atomic E-state index is 11.6. The average Bonchev–Trinajstić information content (AvgIpc) is 2.37. The highest BCUT2D eigenvalue weighted by atomic mass is 16.5. The second-order valence-electron chi connectivity index (χ2n) is 3.35. The number of nitrogens with one attached hydrogen (secondary N) is 2. The van der Waals surface area contributed by atoms with Crippen molar-refractivity contribution in [3.05, 3.63) is 36.7 Å². The molecular weight excluding hydrogens is 218 g/mol. The first kappa shape index (κ1) is 13.2. The molecule has 0 radical (unpaired) electrons. The molecule has 5 nitrogen and oxygen atoms in total. The average molecular weight is 235 g/mol. The smallest absolute Gasteiger partial charge is 0.269 e. The zero-order valence-corrected chi connectivity index (χ0v) is 9.90. The summed E-state index contributed by atoms with van der Waals surface area (Å²) in [5, 5.41) is 5.78. The molecule has 1 rings (SSSR count). The van der Waals surface area contributed by atoms with Crippen molar-refractivity contribution in [1.82, 2.24) is 10.3 Å². The zero-order valence-electron chi connectivity index (χ0n) is 9.90.